The lowest BCUT2D eigenvalue weighted by Crippen LogP contribution is -2.53. The van der Waals surface area contributed by atoms with Crippen LogP contribution in [0, 0.1) is 0 Å². The highest BCUT2D eigenvalue weighted by Crippen LogP contribution is 2.41. The predicted molar refractivity (Wildman–Crippen MR) is 102 cm³/mol. The van der Waals surface area contributed by atoms with E-state index in [-0.39, 0.29) is 17.7 Å². The zero-order chi connectivity index (χ0) is 22.9. The molecule has 0 radical (unpaired) electrons. The average molecular weight is 447 g/mol. The summed E-state index contributed by atoms with van der Waals surface area (Å²) in [7, 11) is 1.58. The number of benzene rings is 2. The Hall–Kier alpha value is -2.10. The quantitative estimate of drug-likeness (QED) is 0.566. The number of hydrogen-bond donors (Lipinski definition) is 1. The van der Waals surface area contributed by atoms with Gasteiger partial charge in [0, 0.05) is 13.7 Å². The van der Waals surface area contributed by atoms with Crippen LogP contribution in [0.25, 0.3) is 0 Å². The third kappa shape index (κ3) is 5.39. The fraction of sp³-hybridized carbons (Fsp3) is 0.455. The average Bonchev–Trinajstić information content (AvgIpc) is 2.73. The summed E-state index contributed by atoms with van der Waals surface area (Å²) in [4.78, 5) is 0. The molecule has 3 rings (SSSR count). The van der Waals surface area contributed by atoms with Crippen molar-refractivity contribution in [3.05, 3.63) is 70.8 Å². The summed E-state index contributed by atoms with van der Waals surface area (Å²) in [5.41, 5.74) is -3.26. The van der Waals surface area contributed by atoms with Gasteiger partial charge in [0.15, 0.2) is 0 Å². The van der Waals surface area contributed by atoms with Crippen molar-refractivity contribution in [3.63, 3.8) is 0 Å². The first-order valence-electron chi connectivity index (χ1n) is 9.75. The normalized spacial score (nSPS) is 23.5. The van der Waals surface area contributed by atoms with Crippen LogP contribution in [0.5, 0.6) is 0 Å². The Balaban J connectivity index is 1.98. The van der Waals surface area contributed by atoms with Gasteiger partial charge in [0.1, 0.15) is 5.72 Å². The van der Waals surface area contributed by atoms with E-state index >= 15 is 0 Å². The number of ether oxygens (including phenoxy) is 2. The molecule has 0 amide bonds. The molecule has 0 spiro atoms. The second kappa shape index (κ2) is 8.80. The lowest BCUT2D eigenvalue weighted by atomic mass is 9.91. The zero-order valence-corrected chi connectivity index (χ0v) is 17.0. The number of rotatable bonds is 5. The highest BCUT2D eigenvalue weighted by molar-refractivity contribution is 5.35. The topological polar surface area (TPSA) is 30.5 Å². The molecule has 1 aliphatic heterocycles. The Morgan fingerprint density at radius 2 is 1.55 bits per heavy atom. The maximum atomic E-state index is 13.2. The molecule has 31 heavy (non-hydrogen) atoms. The Bertz CT molecular complexity index is 842. The summed E-state index contributed by atoms with van der Waals surface area (Å²) >= 11 is 0. The fourth-order valence-electron chi connectivity index (χ4n) is 3.74. The summed E-state index contributed by atoms with van der Waals surface area (Å²) in [5.74, 6) is 0. The van der Waals surface area contributed by atoms with Crippen LogP contribution in [-0.4, -0.2) is 19.8 Å². The van der Waals surface area contributed by atoms with Crippen molar-refractivity contribution in [1.29, 1.82) is 0 Å². The maximum absolute atomic E-state index is 13.2. The van der Waals surface area contributed by atoms with E-state index in [1.807, 2.05) is 6.07 Å². The highest BCUT2D eigenvalue weighted by Gasteiger charge is 2.41. The first-order chi connectivity index (χ1) is 14.4. The first kappa shape index (κ1) is 23.6. The molecule has 2 aromatic rings. The standard InChI is InChI=1S/C22H23F6NO2/c1-14(15-10-17(21(23,24)25)12-18(11-15)22(26,27)28)31-20(16-6-4-3-5-7-16)9-8-19(30-2)13-29-20/h3-7,10-12,14,19,29H,8-9,13H2,1-2H3/t14-,19?,20?/m1/s1. The number of alkyl halides is 6. The highest BCUT2D eigenvalue weighted by atomic mass is 19.4. The van der Waals surface area contributed by atoms with Gasteiger partial charge in [-0.3, -0.25) is 5.32 Å². The summed E-state index contributed by atoms with van der Waals surface area (Å²) in [6.45, 7) is 1.87. The smallest absolute Gasteiger partial charge is 0.380 e. The van der Waals surface area contributed by atoms with Crippen LogP contribution in [0.2, 0.25) is 0 Å². The van der Waals surface area contributed by atoms with Gasteiger partial charge in [-0.25, -0.2) is 0 Å². The summed E-state index contributed by atoms with van der Waals surface area (Å²) < 4.78 is 91.0. The van der Waals surface area contributed by atoms with Crippen LogP contribution in [0.3, 0.4) is 0 Å². The van der Waals surface area contributed by atoms with Crippen LogP contribution in [0.1, 0.15) is 48.1 Å². The van der Waals surface area contributed by atoms with Crippen LogP contribution >= 0.6 is 0 Å². The molecule has 0 aliphatic carbocycles. The Morgan fingerprint density at radius 1 is 0.968 bits per heavy atom. The molecular formula is C22H23F6NO2. The van der Waals surface area contributed by atoms with Gasteiger partial charge in [-0.05, 0) is 49.1 Å². The van der Waals surface area contributed by atoms with Gasteiger partial charge in [0.05, 0.1) is 23.3 Å². The molecule has 0 aromatic heterocycles. The van der Waals surface area contributed by atoms with E-state index in [1.54, 1.807) is 31.4 Å². The van der Waals surface area contributed by atoms with Crippen LogP contribution in [-0.2, 0) is 27.6 Å². The number of halogens is 6. The molecule has 1 N–H and O–H groups in total. The van der Waals surface area contributed by atoms with Gasteiger partial charge in [-0.2, -0.15) is 26.3 Å². The molecule has 0 bridgehead atoms. The van der Waals surface area contributed by atoms with E-state index in [2.05, 4.69) is 5.32 Å². The minimum atomic E-state index is -4.92. The zero-order valence-electron chi connectivity index (χ0n) is 17.0. The summed E-state index contributed by atoms with van der Waals surface area (Å²) in [5, 5.41) is 3.25. The molecule has 2 aromatic carbocycles. The molecule has 170 valence electrons. The summed E-state index contributed by atoms with van der Waals surface area (Å²) in [6.07, 6.45) is -9.90. The molecule has 2 unspecified atom stereocenters. The minimum absolute atomic E-state index is 0.0684. The van der Waals surface area contributed by atoms with Crippen LogP contribution in [0.15, 0.2) is 48.5 Å². The Labute approximate surface area is 176 Å². The Kier molecular flexibility index (Phi) is 6.69. The van der Waals surface area contributed by atoms with Crippen molar-refractivity contribution in [2.75, 3.05) is 13.7 Å². The van der Waals surface area contributed by atoms with Crippen molar-refractivity contribution in [3.8, 4) is 0 Å². The van der Waals surface area contributed by atoms with Crippen LogP contribution in [0.4, 0.5) is 26.3 Å². The van der Waals surface area contributed by atoms with Crippen molar-refractivity contribution >= 4 is 0 Å². The van der Waals surface area contributed by atoms with Gasteiger partial charge in [0.2, 0.25) is 0 Å². The Morgan fingerprint density at radius 3 is 2.00 bits per heavy atom. The van der Waals surface area contributed by atoms with Crippen LogP contribution < -0.4 is 5.32 Å². The predicted octanol–water partition coefficient (Wildman–Crippen LogP) is 6.05. The molecule has 3 nitrogen and oxygen atoms in total. The van der Waals surface area contributed by atoms with Gasteiger partial charge in [-0.1, -0.05) is 30.3 Å². The van der Waals surface area contributed by atoms with E-state index in [1.165, 1.54) is 6.92 Å². The maximum Gasteiger partial charge on any atom is 0.416 e. The van der Waals surface area contributed by atoms with E-state index < -0.39 is 35.3 Å². The number of nitrogens with one attached hydrogen (secondary N) is 1. The molecule has 1 heterocycles. The van der Waals surface area contributed by atoms with Crippen molar-refractivity contribution in [2.45, 2.75) is 50.1 Å². The molecule has 0 saturated carbocycles. The van der Waals surface area contributed by atoms with E-state index in [9.17, 15) is 26.3 Å². The second-order valence-electron chi connectivity index (χ2n) is 7.57. The molecule has 9 heteroatoms. The van der Waals surface area contributed by atoms with Crippen molar-refractivity contribution in [2.24, 2.45) is 0 Å². The number of methoxy groups -OCH3 is 1. The molecule has 1 fully saturated rings. The second-order valence-corrected chi connectivity index (χ2v) is 7.57. The van der Waals surface area contributed by atoms with E-state index in [0.717, 1.165) is 5.56 Å². The summed E-state index contributed by atoms with van der Waals surface area (Å²) in [6, 6.07) is 10.5. The van der Waals surface area contributed by atoms with E-state index in [0.29, 0.717) is 31.5 Å². The first-order valence-corrected chi connectivity index (χ1v) is 9.75. The largest absolute Gasteiger partial charge is 0.416 e. The van der Waals surface area contributed by atoms with E-state index in [4.69, 9.17) is 9.47 Å². The molecule has 3 atom stereocenters. The van der Waals surface area contributed by atoms with Gasteiger partial charge in [-0.15, -0.1) is 0 Å². The lowest BCUT2D eigenvalue weighted by Gasteiger charge is -2.43. The van der Waals surface area contributed by atoms with Gasteiger partial charge in [0.25, 0.3) is 0 Å². The van der Waals surface area contributed by atoms with Gasteiger partial charge >= 0.3 is 12.4 Å². The number of piperidine rings is 1. The SMILES string of the molecule is COC1CCC(O[C@H](C)c2cc(C(F)(F)F)cc(C(F)(F)F)c2)(c2ccccc2)NC1. The fourth-order valence-corrected chi connectivity index (χ4v) is 3.74. The van der Waals surface area contributed by atoms with Crippen molar-refractivity contribution < 1.29 is 35.8 Å². The molecular weight excluding hydrogens is 424 g/mol. The minimum Gasteiger partial charge on any atom is -0.380 e. The third-order valence-electron chi connectivity index (χ3n) is 5.46. The lowest BCUT2D eigenvalue weighted by molar-refractivity contribution is -0.150. The van der Waals surface area contributed by atoms with Gasteiger partial charge < -0.3 is 9.47 Å². The number of hydrogen-bond acceptors (Lipinski definition) is 3. The molecule has 1 saturated heterocycles. The molecule has 1 aliphatic rings. The van der Waals surface area contributed by atoms with Crippen molar-refractivity contribution in [1.82, 2.24) is 5.32 Å². The monoisotopic (exact) mass is 447 g/mol. The third-order valence-corrected chi connectivity index (χ3v) is 5.46.